The molecule has 0 rings (SSSR count). The number of phosphoric ester groups is 2. The summed E-state index contributed by atoms with van der Waals surface area (Å²) in [5, 5.41) is 10.5. The second-order valence-corrected chi connectivity index (χ2v) is 26.7. The predicted octanol–water partition coefficient (Wildman–Crippen LogP) is 17.3. The molecule has 19 heteroatoms. The maximum absolute atomic E-state index is 13.0. The average Bonchev–Trinajstić information content (AvgIpc) is 3.43. The van der Waals surface area contributed by atoms with Crippen molar-refractivity contribution in [1.82, 2.24) is 0 Å². The van der Waals surface area contributed by atoms with Gasteiger partial charge >= 0.3 is 39.5 Å². The molecule has 0 aromatic heterocycles. The van der Waals surface area contributed by atoms with E-state index in [9.17, 15) is 43.2 Å². The van der Waals surface area contributed by atoms with Crippen molar-refractivity contribution in [3.8, 4) is 0 Å². The van der Waals surface area contributed by atoms with E-state index in [0.29, 0.717) is 25.7 Å². The molecule has 0 amide bonds. The van der Waals surface area contributed by atoms with E-state index < -0.39 is 97.5 Å². The summed E-state index contributed by atoms with van der Waals surface area (Å²) in [6, 6.07) is 0. The number of carbonyl (C=O) groups is 4. The van der Waals surface area contributed by atoms with Crippen molar-refractivity contribution in [3.63, 3.8) is 0 Å². The highest BCUT2D eigenvalue weighted by molar-refractivity contribution is 7.47. The van der Waals surface area contributed by atoms with Crippen LogP contribution in [0, 0.1) is 11.8 Å². The predicted molar refractivity (Wildman–Crippen MR) is 326 cm³/mol. The van der Waals surface area contributed by atoms with Gasteiger partial charge in [-0.25, -0.2) is 9.13 Å². The number of aliphatic hydroxyl groups is 1. The van der Waals surface area contributed by atoms with Crippen molar-refractivity contribution in [1.29, 1.82) is 0 Å². The molecular weight excluding hydrogens is 1090 g/mol. The van der Waals surface area contributed by atoms with Gasteiger partial charge in [0.15, 0.2) is 12.2 Å². The normalized spacial score (nSPS) is 14.3. The number of carbonyl (C=O) groups excluding carboxylic acids is 4. The molecule has 0 radical (unpaired) electrons. The lowest BCUT2D eigenvalue weighted by Gasteiger charge is -2.21. The van der Waals surface area contributed by atoms with Crippen LogP contribution in [-0.4, -0.2) is 96.7 Å². The SMILES string of the molecule is CCCCCCCCCCCCC(=O)O[C@H](COC(=O)CCCCCCCCC)COP(=O)(O)OC[C@H](O)COP(=O)(O)OC[C@@H](COC(=O)CCCCCCCCCCCC(C)C)OC(=O)CCCCCCCCCCCCC(C)C. The summed E-state index contributed by atoms with van der Waals surface area (Å²) in [6.07, 6.45) is 37.6. The van der Waals surface area contributed by atoms with Crippen LogP contribution in [0.25, 0.3) is 0 Å². The minimum Gasteiger partial charge on any atom is -0.462 e. The van der Waals surface area contributed by atoms with E-state index in [0.717, 1.165) is 115 Å². The number of esters is 4. The number of rotatable bonds is 62. The van der Waals surface area contributed by atoms with Crippen molar-refractivity contribution < 1.29 is 80.2 Å². The van der Waals surface area contributed by atoms with Gasteiger partial charge in [-0.3, -0.25) is 37.3 Å². The van der Waals surface area contributed by atoms with Gasteiger partial charge in [0.25, 0.3) is 0 Å². The zero-order chi connectivity index (χ0) is 60.8. The largest absolute Gasteiger partial charge is 0.472 e. The van der Waals surface area contributed by atoms with Crippen LogP contribution in [0.3, 0.4) is 0 Å². The molecule has 5 atom stereocenters. The summed E-state index contributed by atoms with van der Waals surface area (Å²) in [5.41, 5.74) is 0. The Labute approximate surface area is 498 Å². The van der Waals surface area contributed by atoms with Crippen LogP contribution in [0.4, 0.5) is 0 Å². The molecule has 0 spiro atoms. The first-order valence-corrected chi connectivity index (χ1v) is 36.0. The average molecular weight is 1210 g/mol. The van der Waals surface area contributed by atoms with E-state index in [-0.39, 0.29) is 25.7 Å². The first kappa shape index (κ1) is 80.1. The summed E-state index contributed by atoms with van der Waals surface area (Å²) in [7, 11) is -9.88. The molecule has 0 aromatic rings. The van der Waals surface area contributed by atoms with Crippen LogP contribution in [0.15, 0.2) is 0 Å². The van der Waals surface area contributed by atoms with Gasteiger partial charge in [0.1, 0.15) is 19.3 Å². The minimum absolute atomic E-state index is 0.105. The number of phosphoric acid groups is 2. The molecule has 0 aliphatic rings. The van der Waals surface area contributed by atoms with Gasteiger partial charge in [-0.1, -0.05) is 260 Å². The molecule has 17 nitrogen and oxygen atoms in total. The van der Waals surface area contributed by atoms with Crippen LogP contribution in [0.5, 0.6) is 0 Å². The maximum Gasteiger partial charge on any atom is 0.472 e. The highest BCUT2D eigenvalue weighted by Gasteiger charge is 2.30. The van der Waals surface area contributed by atoms with Crippen LogP contribution in [-0.2, 0) is 65.4 Å². The van der Waals surface area contributed by atoms with Crippen molar-refractivity contribution >= 4 is 39.5 Å². The Balaban J connectivity index is 5.22. The third-order valence-electron chi connectivity index (χ3n) is 14.5. The van der Waals surface area contributed by atoms with Crippen molar-refractivity contribution in [2.24, 2.45) is 11.8 Å². The molecule has 0 saturated heterocycles. The molecule has 486 valence electrons. The first-order chi connectivity index (χ1) is 39.4. The lowest BCUT2D eigenvalue weighted by Crippen LogP contribution is -2.30. The monoisotopic (exact) mass is 1210 g/mol. The van der Waals surface area contributed by atoms with Crippen LogP contribution < -0.4 is 0 Å². The summed E-state index contributed by atoms with van der Waals surface area (Å²) in [6.45, 7) is 9.41. The highest BCUT2D eigenvalue weighted by atomic mass is 31.2. The van der Waals surface area contributed by atoms with E-state index in [1.807, 2.05) is 0 Å². The Kier molecular flexibility index (Phi) is 54.3. The zero-order valence-corrected chi connectivity index (χ0v) is 54.6. The van der Waals surface area contributed by atoms with E-state index >= 15 is 0 Å². The van der Waals surface area contributed by atoms with Gasteiger partial charge in [-0.05, 0) is 37.5 Å². The van der Waals surface area contributed by atoms with E-state index in [2.05, 4.69) is 41.5 Å². The van der Waals surface area contributed by atoms with Crippen molar-refractivity contribution in [3.05, 3.63) is 0 Å². The number of hydrogen-bond donors (Lipinski definition) is 3. The molecule has 0 bridgehead atoms. The third kappa shape index (κ3) is 57.2. The lowest BCUT2D eigenvalue weighted by molar-refractivity contribution is -0.161. The smallest absolute Gasteiger partial charge is 0.462 e. The lowest BCUT2D eigenvalue weighted by atomic mass is 10.0. The Bertz CT molecular complexity index is 1620. The Hall–Kier alpha value is -1.94. The van der Waals surface area contributed by atoms with Gasteiger partial charge in [-0.2, -0.15) is 0 Å². The molecule has 0 heterocycles. The summed E-state index contributed by atoms with van der Waals surface area (Å²) in [4.78, 5) is 72.0. The highest BCUT2D eigenvalue weighted by Crippen LogP contribution is 2.45. The van der Waals surface area contributed by atoms with E-state index in [1.165, 1.54) is 116 Å². The molecule has 82 heavy (non-hydrogen) atoms. The number of hydrogen-bond acceptors (Lipinski definition) is 15. The standard InChI is InChI=1S/C63H122O17P2/c1-7-9-11-13-15-16-22-29-35-41-47-62(67)79-58(51-73-60(65)45-39-33-25-14-12-10-8-2)53-77-81(69,70)75-49-57(64)50-76-82(71,72)78-54-59(52-74-61(66)46-40-34-28-24-19-21-27-32-38-44-56(5)6)80-63(68)48-42-36-30-23-18-17-20-26-31-37-43-55(3)4/h55-59,64H,7-54H2,1-6H3,(H,69,70)(H,71,72)/t57-,58+,59+/m0/s1. The second kappa shape index (κ2) is 55.6. The molecular formula is C63H122O17P2. The number of aliphatic hydroxyl groups excluding tert-OH is 1. The minimum atomic E-state index is -4.94. The van der Waals surface area contributed by atoms with Crippen LogP contribution >= 0.6 is 15.6 Å². The molecule has 0 saturated carbocycles. The van der Waals surface area contributed by atoms with E-state index in [1.54, 1.807) is 0 Å². The fraction of sp³-hybridized carbons (Fsp3) is 0.937. The molecule has 0 fully saturated rings. The topological polar surface area (TPSA) is 237 Å². The van der Waals surface area contributed by atoms with Crippen LogP contribution in [0.1, 0.15) is 311 Å². The Morgan fingerprint density at radius 1 is 0.329 bits per heavy atom. The third-order valence-corrected chi connectivity index (χ3v) is 16.4. The van der Waals surface area contributed by atoms with Gasteiger partial charge in [-0.15, -0.1) is 0 Å². The zero-order valence-electron chi connectivity index (χ0n) is 52.8. The number of unbranched alkanes of at least 4 members (excludes halogenated alkanes) is 32. The summed E-state index contributed by atoms with van der Waals surface area (Å²) < 4.78 is 67.9. The van der Waals surface area contributed by atoms with Gasteiger partial charge in [0.05, 0.1) is 26.4 Å². The van der Waals surface area contributed by atoms with Gasteiger partial charge in [0.2, 0.25) is 0 Å². The maximum atomic E-state index is 13.0. The number of ether oxygens (including phenoxy) is 4. The van der Waals surface area contributed by atoms with Crippen molar-refractivity contribution in [2.75, 3.05) is 39.6 Å². The molecule has 3 N–H and O–H groups in total. The Morgan fingerprint density at radius 3 is 0.829 bits per heavy atom. The fourth-order valence-electron chi connectivity index (χ4n) is 9.35. The summed E-state index contributed by atoms with van der Waals surface area (Å²) in [5.74, 6) is -0.643. The quantitative estimate of drug-likeness (QED) is 0.0222. The molecule has 0 aromatic carbocycles. The van der Waals surface area contributed by atoms with Gasteiger partial charge in [0, 0.05) is 25.7 Å². The van der Waals surface area contributed by atoms with Gasteiger partial charge < -0.3 is 33.8 Å². The molecule has 0 aliphatic heterocycles. The second-order valence-electron chi connectivity index (χ2n) is 23.7. The summed E-state index contributed by atoms with van der Waals surface area (Å²) >= 11 is 0. The van der Waals surface area contributed by atoms with Crippen LogP contribution in [0.2, 0.25) is 0 Å². The van der Waals surface area contributed by atoms with E-state index in [4.69, 9.17) is 37.0 Å². The first-order valence-electron chi connectivity index (χ1n) is 33.0. The Morgan fingerprint density at radius 2 is 0.561 bits per heavy atom. The molecule has 2 unspecified atom stereocenters. The van der Waals surface area contributed by atoms with Crippen molar-refractivity contribution in [2.45, 2.75) is 330 Å². The molecule has 0 aliphatic carbocycles. The fourth-order valence-corrected chi connectivity index (χ4v) is 10.9.